The Kier molecular flexibility index (Phi) is 7.74. The maximum atomic E-state index is 9.09. The summed E-state index contributed by atoms with van der Waals surface area (Å²) < 4.78 is -0.623. The molecule has 0 aromatic heterocycles. The molecule has 3 nitrogen and oxygen atoms in total. The van der Waals surface area contributed by atoms with Crippen molar-refractivity contribution < 1.29 is 15.4 Å². The van der Waals surface area contributed by atoms with Crippen LogP contribution in [0.1, 0.15) is 0 Å². The van der Waals surface area contributed by atoms with E-state index >= 15 is 0 Å². The van der Waals surface area contributed by atoms with Crippen molar-refractivity contribution in [1.82, 2.24) is 0 Å². The van der Waals surface area contributed by atoms with Crippen LogP contribution in [-0.4, -0.2) is 38.7 Å². The van der Waals surface area contributed by atoms with Gasteiger partial charge in [0.2, 0.25) is 0 Å². The monoisotopic (exact) mass is 180 g/mol. The second kappa shape index (κ2) is 4.30. The third kappa shape index (κ3) is 253. The molecule has 0 unspecified atom stereocenters. The van der Waals surface area contributed by atoms with E-state index in [9.17, 15) is 0 Å². The van der Waals surface area contributed by atoms with Crippen molar-refractivity contribution in [2.75, 3.05) is 0 Å². The van der Waals surface area contributed by atoms with Crippen molar-refractivity contribution in [2.24, 2.45) is 0 Å². The molecule has 0 radical (unpaired) electrons. The molecule has 30 valence electrons. The molecule has 0 aromatic carbocycles. The fraction of sp³-hybridized carbons (Fsp3) is 0. The quantitative estimate of drug-likeness (QED) is 0.491. The molecule has 0 aromatic rings. The van der Waals surface area contributed by atoms with Gasteiger partial charge in [-0.05, 0) is 0 Å². The Bertz CT molecular complexity index is 29.9. The van der Waals surface area contributed by atoms with Crippen LogP contribution >= 0.6 is 0 Å². The molecular weight excluding hydrogens is 175 g/mol. The molecule has 0 amide bonds. The molecule has 0 aliphatic heterocycles. The molecule has 0 spiro atoms. The summed E-state index contributed by atoms with van der Waals surface area (Å²) in [7, 11) is 0. The third-order valence-corrected chi connectivity index (χ3v) is 0. The predicted octanol–water partition coefficient (Wildman–Crippen LogP) is -1.53. The standard InChI is InChI=1S/CHO2.In.H2O.2H/c2-1-3;;;;/h(H,2,3);;1H2;;. The zero-order valence-corrected chi connectivity index (χ0v) is 8.56. The normalized spacial score (nSPS) is 4.80. The number of hydrogen-bond donors (Lipinski definition) is 1. The maximum absolute atomic E-state index is 9.09. The molecule has 0 heterocycles. The van der Waals surface area contributed by atoms with Crippen molar-refractivity contribution in [3.8, 4) is 0 Å². The first kappa shape index (κ1) is 9.00. The van der Waals surface area contributed by atoms with Crippen LogP contribution in [-0.2, 0) is 0 Å². The summed E-state index contributed by atoms with van der Waals surface area (Å²) in [5.74, 6) is 0. The molecule has 0 fully saturated rings. The van der Waals surface area contributed by atoms with Gasteiger partial charge >= 0.3 is 38.0 Å². The molecule has 0 saturated heterocycles. The number of hydrogen-bond acceptors (Lipinski definition) is 1. The van der Waals surface area contributed by atoms with Gasteiger partial charge in [0.25, 0.3) is 0 Å². The summed E-state index contributed by atoms with van der Waals surface area (Å²) in [6.45, 7) is 0. The molecule has 0 rings (SSSR count). The summed E-state index contributed by atoms with van der Waals surface area (Å²) >= 11 is -0.153. The fourth-order valence-corrected chi connectivity index (χ4v) is 0. The van der Waals surface area contributed by atoms with E-state index in [1.807, 2.05) is 0 Å². The Labute approximate surface area is 43.9 Å². The molecule has 0 aliphatic rings. The van der Waals surface area contributed by atoms with Crippen LogP contribution in [0.5, 0.6) is 0 Å². The average Bonchev–Trinajstić information content (AvgIpc) is 0.811. The van der Waals surface area contributed by atoms with Crippen molar-refractivity contribution in [3.63, 3.8) is 0 Å². The second-order valence-corrected chi connectivity index (χ2v) is 2.96. The average molecular weight is 180 g/mol. The Morgan fingerprint density at radius 2 is 1.80 bits per heavy atom. The first-order valence-corrected chi connectivity index (χ1v) is 3.78. The van der Waals surface area contributed by atoms with E-state index in [-0.39, 0.29) is 29.9 Å². The third-order valence-electron chi connectivity index (χ3n) is 0. The van der Waals surface area contributed by atoms with Crippen LogP contribution in [0, 0.1) is 0 Å². The molecule has 0 saturated carbocycles. The van der Waals surface area contributed by atoms with Crippen LogP contribution in [0.4, 0.5) is 4.79 Å². The van der Waals surface area contributed by atoms with Gasteiger partial charge in [0, 0.05) is 0 Å². The molecule has 0 atom stereocenters. The summed E-state index contributed by atoms with van der Waals surface area (Å²) in [5, 5.41) is 7.51. The van der Waals surface area contributed by atoms with Gasteiger partial charge in [-0.2, -0.15) is 0 Å². The predicted molar refractivity (Wildman–Crippen MR) is 20.2 cm³/mol. The van der Waals surface area contributed by atoms with Gasteiger partial charge < -0.3 is 5.48 Å². The Hall–Kier alpha value is 0.300. The fourth-order valence-electron chi connectivity index (χ4n) is 0. The molecule has 0 aliphatic carbocycles. The Morgan fingerprint density at radius 3 is 1.80 bits per heavy atom. The molecule has 3 N–H and O–H groups in total. The van der Waals surface area contributed by atoms with Gasteiger partial charge in [0.1, 0.15) is 0 Å². The van der Waals surface area contributed by atoms with Crippen LogP contribution in [0.15, 0.2) is 0 Å². The van der Waals surface area contributed by atoms with E-state index < -0.39 is 3.73 Å². The number of carbonyl (C=O) groups is 1. The van der Waals surface area contributed by atoms with Crippen LogP contribution in [0.2, 0.25) is 0 Å². The minimum atomic E-state index is -0.623. The molecule has 0 bridgehead atoms. The first-order chi connectivity index (χ1) is 1.73. The van der Waals surface area contributed by atoms with E-state index in [0.717, 1.165) is 0 Å². The number of carboxylic acid groups (broad SMARTS) is 1. The van der Waals surface area contributed by atoms with Crippen molar-refractivity contribution in [1.29, 1.82) is 0 Å². The van der Waals surface area contributed by atoms with Crippen LogP contribution in [0.25, 0.3) is 0 Å². The summed E-state index contributed by atoms with van der Waals surface area (Å²) in [5.41, 5.74) is 0. The van der Waals surface area contributed by atoms with E-state index in [1.165, 1.54) is 0 Å². The van der Waals surface area contributed by atoms with Crippen LogP contribution < -0.4 is 0 Å². The van der Waals surface area contributed by atoms with Crippen molar-refractivity contribution >= 4 is 28.1 Å². The van der Waals surface area contributed by atoms with Crippen molar-refractivity contribution in [2.45, 2.75) is 0 Å². The Balaban J connectivity index is 0. The minimum absolute atomic E-state index is 0. The van der Waals surface area contributed by atoms with E-state index in [0.29, 0.717) is 0 Å². The number of rotatable bonds is 0. The topological polar surface area (TPSA) is 68.8 Å². The van der Waals surface area contributed by atoms with Crippen LogP contribution in [0.3, 0.4) is 0 Å². The van der Waals surface area contributed by atoms with E-state index in [2.05, 4.69) is 0 Å². The van der Waals surface area contributed by atoms with Gasteiger partial charge in [-0.1, -0.05) is 0 Å². The summed E-state index contributed by atoms with van der Waals surface area (Å²) in [6, 6.07) is 0. The Morgan fingerprint density at radius 1 is 1.80 bits per heavy atom. The van der Waals surface area contributed by atoms with Gasteiger partial charge in [-0.3, -0.25) is 0 Å². The zero-order chi connectivity index (χ0) is 3.58. The SMILES string of the molecule is O.O=[C](O)[InH2]. The first-order valence-electron chi connectivity index (χ1n) is 0.928. The van der Waals surface area contributed by atoms with Gasteiger partial charge in [0.05, 0.1) is 0 Å². The van der Waals surface area contributed by atoms with Gasteiger partial charge in [-0.15, -0.1) is 0 Å². The van der Waals surface area contributed by atoms with E-state index in [4.69, 9.17) is 9.90 Å². The van der Waals surface area contributed by atoms with Gasteiger partial charge in [-0.25, -0.2) is 0 Å². The van der Waals surface area contributed by atoms with Gasteiger partial charge in [0.15, 0.2) is 0 Å². The van der Waals surface area contributed by atoms with Crippen molar-refractivity contribution in [3.05, 3.63) is 0 Å². The zero-order valence-electron chi connectivity index (χ0n) is 2.86. The molecular formula is CH5InO3. The molecule has 5 heavy (non-hydrogen) atoms. The van der Waals surface area contributed by atoms with E-state index in [1.54, 1.807) is 0 Å². The summed E-state index contributed by atoms with van der Waals surface area (Å²) in [4.78, 5) is 9.09. The molecule has 4 heteroatoms. The summed E-state index contributed by atoms with van der Waals surface area (Å²) in [6.07, 6.45) is 0. The second-order valence-electron chi connectivity index (χ2n) is 0.519.